The van der Waals surface area contributed by atoms with Gasteiger partial charge in [-0.15, -0.1) is 0 Å². The minimum Gasteiger partial charge on any atom is -0.389 e. The number of methoxy groups -OCH3 is 1. The molecule has 0 saturated carbocycles. The van der Waals surface area contributed by atoms with Crippen LogP contribution in [0.5, 0.6) is 0 Å². The largest absolute Gasteiger partial charge is 0.389 e. The molecule has 1 aromatic carbocycles. The van der Waals surface area contributed by atoms with Crippen LogP contribution in [0, 0.1) is 5.82 Å². The molecule has 0 spiro atoms. The predicted octanol–water partition coefficient (Wildman–Crippen LogP) is 0.675. The highest BCUT2D eigenvalue weighted by Gasteiger charge is 2.05. The van der Waals surface area contributed by atoms with Gasteiger partial charge < -0.3 is 20.5 Å². The quantitative estimate of drug-likeness (QED) is 0.682. The average molecular weight is 270 g/mol. The van der Waals surface area contributed by atoms with Gasteiger partial charge in [-0.1, -0.05) is 12.1 Å². The summed E-state index contributed by atoms with van der Waals surface area (Å²) in [6, 6.07) is 5.87. The van der Waals surface area contributed by atoms with Crippen molar-refractivity contribution in [2.75, 3.05) is 26.8 Å². The van der Waals surface area contributed by atoms with Crippen LogP contribution in [0.4, 0.5) is 9.18 Å². The van der Waals surface area contributed by atoms with Gasteiger partial charge in [-0.25, -0.2) is 9.18 Å². The van der Waals surface area contributed by atoms with Gasteiger partial charge in [-0.2, -0.15) is 0 Å². The van der Waals surface area contributed by atoms with E-state index in [4.69, 9.17) is 4.74 Å². The fourth-order valence-electron chi connectivity index (χ4n) is 1.54. The Morgan fingerprint density at radius 2 is 2.26 bits per heavy atom. The summed E-state index contributed by atoms with van der Waals surface area (Å²) in [6.45, 7) is 0.693. The summed E-state index contributed by atoms with van der Waals surface area (Å²) in [4.78, 5) is 11.4. The van der Waals surface area contributed by atoms with Crippen LogP contribution in [0.3, 0.4) is 0 Å². The first kappa shape index (κ1) is 15.4. The Hall–Kier alpha value is -1.66. The topological polar surface area (TPSA) is 70.6 Å². The highest BCUT2D eigenvalue weighted by molar-refractivity contribution is 5.73. The third-order valence-electron chi connectivity index (χ3n) is 2.45. The highest BCUT2D eigenvalue weighted by atomic mass is 19.1. The van der Waals surface area contributed by atoms with Crippen LogP contribution in [0.25, 0.3) is 0 Å². The summed E-state index contributed by atoms with van der Waals surface area (Å²) >= 11 is 0. The van der Waals surface area contributed by atoms with Gasteiger partial charge in [-0.05, 0) is 24.1 Å². The van der Waals surface area contributed by atoms with E-state index in [1.54, 1.807) is 12.1 Å². The second-order valence-corrected chi connectivity index (χ2v) is 4.13. The predicted molar refractivity (Wildman–Crippen MR) is 69.4 cm³/mol. The van der Waals surface area contributed by atoms with Crippen molar-refractivity contribution in [2.24, 2.45) is 0 Å². The van der Waals surface area contributed by atoms with Crippen LogP contribution in [-0.2, 0) is 11.2 Å². The first-order valence-corrected chi connectivity index (χ1v) is 6.05. The number of halogens is 1. The van der Waals surface area contributed by atoms with Gasteiger partial charge >= 0.3 is 6.03 Å². The van der Waals surface area contributed by atoms with E-state index in [-0.39, 0.29) is 25.0 Å². The van der Waals surface area contributed by atoms with Crippen LogP contribution in [0.2, 0.25) is 0 Å². The lowest BCUT2D eigenvalue weighted by Crippen LogP contribution is -2.41. The van der Waals surface area contributed by atoms with Gasteiger partial charge in [0.05, 0.1) is 12.7 Å². The maximum Gasteiger partial charge on any atom is 0.314 e. The van der Waals surface area contributed by atoms with Crippen molar-refractivity contribution >= 4 is 6.03 Å². The molecule has 0 aliphatic rings. The zero-order valence-corrected chi connectivity index (χ0v) is 10.9. The van der Waals surface area contributed by atoms with Gasteiger partial charge in [0.15, 0.2) is 0 Å². The van der Waals surface area contributed by atoms with Crippen LogP contribution >= 0.6 is 0 Å². The van der Waals surface area contributed by atoms with Gasteiger partial charge in [0.1, 0.15) is 5.82 Å². The molecule has 0 radical (unpaired) electrons. The average Bonchev–Trinajstić information content (AvgIpc) is 2.37. The molecule has 0 aromatic heterocycles. The van der Waals surface area contributed by atoms with E-state index in [1.165, 1.54) is 19.2 Å². The molecule has 0 fully saturated rings. The molecule has 0 aliphatic heterocycles. The number of ether oxygens (including phenoxy) is 1. The first-order valence-electron chi connectivity index (χ1n) is 6.05. The Labute approximate surface area is 111 Å². The third-order valence-corrected chi connectivity index (χ3v) is 2.45. The number of amides is 2. The van der Waals surface area contributed by atoms with Crippen LogP contribution < -0.4 is 10.6 Å². The van der Waals surface area contributed by atoms with Crippen molar-refractivity contribution in [1.82, 2.24) is 10.6 Å². The van der Waals surface area contributed by atoms with Crippen molar-refractivity contribution < 1.29 is 19.0 Å². The number of hydrogen-bond acceptors (Lipinski definition) is 3. The Morgan fingerprint density at radius 3 is 2.95 bits per heavy atom. The lowest BCUT2D eigenvalue weighted by Gasteiger charge is -2.11. The number of nitrogens with one attached hydrogen (secondary N) is 2. The van der Waals surface area contributed by atoms with E-state index >= 15 is 0 Å². The molecule has 2 amide bonds. The SMILES string of the molecule is COCC(O)CNC(=O)NCCc1cccc(F)c1. The zero-order chi connectivity index (χ0) is 14.1. The van der Waals surface area contributed by atoms with Gasteiger partial charge in [0.2, 0.25) is 0 Å². The maximum absolute atomic E-state index is 12.9. The number of hydrogen-bond donors (Lipinski definition) is 3. The molecule has 19 heavy (non-hydrogen) atoms. The molecular weight excluding hydrogens is 251 g/mol. The van der Waals surface area contributed by atoms with E-state index in [1.807, 2.05) is 0 Å². The molecule has 0 saturated heterocycles. The minimum atomic E-state index is -0.723. The van der Waals surface area contributed by atoms with Crippen molar-refractivity contribution in [3.63, 3.8) is 0 Å². The lowest BCUT2D eigenvalue weighted by atomic mass is 10.1. The number of rotatable bonds is 7. The van der Waals surface area contributed by atoms with Crippen molar-refractivity contribution in [2.45, 2.75) is 12.5 Å². The van der Waals surface area contributed by atoms with E-state index in [0.29, 0.717) is 13.0 Å². The van der Waals surface area contributed by atoms with E-state index < -0.39 is 6.10 Å². The lowest BCUT2D eigenvalue weighted by molar-refractivity contribution is 0.0660. The summed E-state index contributed by atoms with van der Waals surface area (Å²) < 4.78 is 17.6. The number of carbonyl (C=O) groups excluding carboxylic acids is 1. The normalized spacial score (nSPS) is 11.9. The number of aliphatic hydroxyl groups excluding tert-OH is 1. The first-order chi connectivity index (χ1) is 9.11. The van der Waals surface area contributed by atoms with Crippen LogP contribution in [0.1, 0.15) is 5.56 Å². The van der Waals surface area contributed by atoms with Crippen molar-refractivity contribution in [3.05, 3.63) is 35.6 Å². The molecule has 3 N–H and O–H groups in total. The molecule has 0 aliphatic carbocycles. The Balaban J connectivity index is 2.17. The summed E-state index contributed by atoms with van der Waals surface area (Å²) in [5, 5.41) is 14.5. The smallest absolute Gasteiger partial charge is 0.314 e. The number of benzene rings is 1. The molecule has 6 heteroatoms. The number of urea groups is 1. The molecule has 0 bridgehead atoms. The molecule has 1 atom stereocenters. The van der Waals surface area contributed by atoms with Crippen LogP contribution in [0.15, 0.2) is 24.3 Å². The Morgan fingerprint density at radius 1 is 1.47 bits per heavy atom. The fraction of sp³-hybridized carbons (Fsp3) is 0.462. The zero-order valence-electron chi connectivity index (χ0n) is 10.9. The van der Waals surface area contributed by atoms with E-state index in [9.17, 15) is 14.3 Å². The number of aliphatic hydroxyl groups is 1. The van der Waals surface area contributed by atoms with Crippen LogP contribution in [-0.4, -0.2) is 44.0 Å². The summed E-state index contributed by atoms with van der Waals surface area (Å²) in [7, 11) is 1.47. The molecule has 1 aromatic rings. The molecule has 106 valence electrons. The monoisotopic (exact) mass is 270 g/mol. The summed E-state index contributed by atoms with van der Waals surface area (Å²) in [6.07, 6.45) is -0.176. The van der Waals surface area contributed by atoms with Gasteiger partial charge in [0.25, 0.3) is 0 Å². The molecular formula is C13H19FN2O3. The Bertz CT molecular complexity index is 401. The van der Waals surface area contributed by atoms with E-state index in [0.717, 1.165) is 5.56 Å². The third kappa shape index (κ3) is 6.73. The molecule has 1 unspecified atom stereocenters. The molecule has 5 nitrogen and oxygen atoms in total. The number of carbonyl (C=O) groups is 1. The Kier molecular flexibility index (Phi) is 6.84. The summed E-state index contributed by atoms with van der Waals surface area (Å²) in [5.41, 5.74) is 0.819. The maximum atomic E-state index is 12.9. The summed E-state index contributed by atoms with van der Waals surface area (Å²) in [5.74, 6) is -0.287. The second-order valence-electron chi connectivity index (χ2n) is 4.13. The minimum absolute atomic E-state index is 0.125. The van der Waals surface area contributed by atoms with E-state index in [2.05, 4.69) is 10.6 Å². The van der Waals surface area contributed by atoms with Gasteiger partial charge in [0, 0.05) is 20.2 Å². The standard InChI is InChI=1S/C13H19FN2O3/c1-19-9-12(17)8-16-13(18)15-6-5-10-3-2-4-11(14)7-10/h2-4,7,12,17H,5-6,8-9H2,1H3,(H2,15,16,18). The van der Waals surface area contributed by atoms with Gasteiger partial charge in [-0.3, -0.25) is 0 Å². The highest BCUT2D eigenvalue weighted by Crippen LogP contribution is 2.03. The van der Waals surface area contributed by atoms with Crippen molar-refractivity contribution in [3.8, 4) is 0 Å². The molecule has 1 rings (SSSR count). The molecule has 0 heterocycles. The second kappa shape index (κ2) is 8.44. The fourth-order valence-corrected chi connectivity index (χ4v) is 1.54. The van der Waals surface area contributed by atoms with Crippen molar-refractivity contribution in [1.29, 1.82) is 0 Å².